The number of rotatable bonds is 7. The van der Waals surface area contributed by atoms with E-state index >= 15 is 0 Å². The highest BCUT2D eigenvalue weighted by atomic mass is 32.2. The molecular weight excluding hydrogens is 276 g/mol. The SMILES string of the molecule is CCc1ccc(S(=O)(=O)NCC(C)N(C)C)cc1CO. The number of aliphatic hydroxyl groups excluding tert-OH is 1. The molecule has 0 fully saturated rings. The van der Waals surface area contributed by atoms with E-state index in [0.29, 0.717) is 12.1 Å². The molecule has 0 aliphatic rings. The number of hydrogen-bond acceptors (Lipinski definition) is 4. The van der Waals surface area contributed by atoms with Crippen LogP contribution in [0.4, 0.5) is 0 Å². The molecule has 6 heteroatoms. The number of nitrogens with one attached hydrogen (secondary N) is 1. The predicted octanol–water partition coefficient (Wildman–Crippen LogP) is 0.970. The molecule has 5 nitrogen and oxygen atoms in total. The molecule has 0 aliphatic heterocycles. The van der Waals surface area contributed by atoms with Crippen molar-refractivity contribution in [2.24, 2.45) is 0 Å². The van der Waals surface area contributed by atoms with Gasteiger partial charge in [0.25, 0.3) is 0 Å². The third-order valence-corrected chi connectivity index (χ3v) is 4.91. The minimum Gasteiger partial charge on any atom is -0.392 e. The highest BCUT2D eigenvalue weighted by molar-refractivity contribution is 7.89. The van der Waals surface area contributed by atoms with Crippen molar-refractivity contribution in [2.45, 2.75) is 37.8 Å². The molecule has 0 spiro atoms. The van der Waals surface area contributed by atoms with E-state index in [2.05, 4.69) is 4.72 Å². The molecule has 20 heavy (non-hydrogen) atoms. The Morgan fingerprint density at radius 3 is 2.45 bits per heavy atom. The first-order chi connectivity index (χ1) is 9.31. The Kier molecular flexibility index (Phi) is 6.13. The van der Waals surface area contributed by atoms with Crippen LogP contribution in [0.5, 0.6) is 0 Å². The molecule has 1 aromatic rings. The molecule has 1 rings (SSSR count). The molecule has 0 heterocycles. The van der Waals surface area contributed by atoms with E-state index in [1.807, 2.05) is 32.8 Å². The van der Waals surface area contributed by atoms with Gasteiger partial charge in [-0.2, -0.15) is 0 Å². The van der Waals surface area contributed by atoms with Gasteiger partial charge in [-0.25, -0.2) is 13.1 Å². The average molecular weight is 300 g/mol. The average Bonchev–Trinajstić information content (AvgIpc) is 2.43. The van der Waals surface area contributed by atoms with Gasteiger partial charge in [0, 0.05) is 12.6 Å². The largest absolute Gasteiger partial charge is 0.392 e. The van der Waals surface area contributed by atoms with Gasteiger partial charge in [-0.15, -0.1) is 0 Å². The fourth-order valence-electron chi connectivity index (χ4n) is 1.76. The molecule has 0 saturated heterocycles. The van der Waals surface area contributed by atoms with Crippen LogP contribution in [0, 0.1) is 0 Å². The first-order valence-electron chi connectivity index (χ1n) is 6.70. The second-order valence-electron chi connectivity index (χ2n) is 5.11. The Morgan fingerprint density at radius 2 is 1.95 bits per heavy atom. The zero-order chi connectivity index (χ0) is 15.3. The summed E-state index contributed by atoms with van der Waals surface area (Å²) in [5.41, 5.74) is 1.63. The maximum absolute atomic E-state index is 12.2. The number of hydrogen-bond donors (Lipinski definition) is 2. The number of aliphatic hydroxyl groups is 1. The molecule has 114 valence electrons. The molecule has 0 bridgehead atoms. The van der Waals surface area contributed by atoms with Gasteiger partial charge in [-0.05, 0) is 50.7 Å². The zero-order valence-corrected chi connectivity index (χ0v) is 13.4. The summed E-state index contributed by atoms with van der Waals surface area (Å²) in [6.07, 6.45) is 0.765. The molecule has 0 radical (unpaired) electrons. The molecule has 2 N–H and O–H groups in total. The highest BCUT2D eigenvalue weighted by Crippen LogP contribution is 2.17. The Hall–Kier alpha value is -0.950. The number of aryl methyl sites for hydroxylation is 1. The molecule has 1 unspecified atom stereocenters. The van der Waals surface area contributed by atoms with Crippen LogP contribution in [0.25, 0.3) is 0 Å². The fraction of sp³-hybridized carbons (Fsp3) is 0.571. The first kappa shape index (κ1) is 17.1. The number of nitrogens with zero attached hydrogens (tertiary/aromatic N) is 1. The maximum atomic E-state index is 12.2. The quantitative estimate of drug-likeness (QED) is 0.787. The van der Waals surface area contributed by atoms with Crippen LogP contribution in [0.2, 0.25) is 0 Å². The van der Waals surface area contributed by atoms with E-state index in [9.17, 15) is 13.5 Å². The summed E-state index contributed by atoms with van der Waals surface area (Å²) in [7, 11) is 0.269. The number of benzene rings is 1. The van der Waals surface area contributed by atoms with E-state index in [1.54, 1.807) is 18.2 Å². The van der Waals surface area contributed by atoms with Crippen molar-refractivity contribution in [1.82, 2.24) is 9.62 Å². The van der Waals surface area contributed by atoms with Crippen molar-refractivity contribution in [3.8, 4) is 0 Å². The molecule has 1 aromatic carbocycles. The summed E-state index contributed by atoms with van der Waals surface area (Å²) in [4.78, 5) is 2.15. The molecule has 0 aliphatic carbocycles. The van der Waals surface area contributed by atoms with Gasteiger partial charge in [0.05, 0.1) is 11.5 Å². The normalized spacial score (nSPS) is 13.7. The van der Waals surface area contributed by atoms with Crippen molar-refractivity contribution in [3.63, 3.8) is 0 Å². The first-order valence-corrected chi connectivity index (χ1v) is 8.18. The lowest BCUT2D eigenvalue weighted by Gasteiger charge is -2.20. The van der Waals surface area contributed by atoms with Crippen molar-refractivity contribution in [3.05, 3.63) is 29.3 Å². The van der Waals surface area contributed by atoms with Crippen LogP contribution in [0.3, 0.4) is 0 Å². The molecule has 0 amide bonds. The van der Waals surface area contributed by atoms with Gasteiger partial charge in [0.2, 0.25) is 10.0 Å². The van der Waals surface area contributed by atoms with E-state index in [1.165, 1.54) is 0 Å². The summed E-state index contributed by atoms with van der Waals surface area (Å²) in [6.45, 7) is 4.11. The Morgan fingerprint density at radius 1 is 1.30 bits per heavy atom. The smallest absolute Gasteiger partial charge is 0.240 e. The van der Waals surface area contributed by atoms with Crippen LogP contribution < -0.4 is 4.72 Å². The van der Waals surface area contributed by atoms with E-state index < -0.39 is 10.0 Å². The summed E-state index contributed by atoms with van der Waals surface area (Å²) < 4.78 is 27.0. The fourth-order valence-corrected chi connectivity index (χ4v) is 2.93. The van der Waals surface area contributed by atoms with Crippen molar-refractivity contribution >= 4 is 10.0 Å². The Balaban J connectivity index is 2.93. The van der Waals surface area contributed by atoms with Crippen LogP contribution in [-0.4, -0.2) is 45.1 Å². The van der Waals surface area contributed by atoms with Crippen LogP contribution >= 0.6 is 0 Å². The molecule has 0 saturated carbocycles. The third kappa shape index (κ3) is 4.28. The van der Waals surface area contributed by atoms with E-state index in [0.717, 1.165) is 12.0 Å². The van der Waals surface area contributed by atoms with Crippen LogP contribution in [0.1, 0.15) is 25.0 Å². The van der Waals surface area contributed by atoms with E-state index in [4.69, 9.17) is 0 Å². The van der Waals surface area contributed by atoms with Crippen LogP contribution in [-0.2, 0) is 23.1 Å². The molecule has 0 aromatic heterocycles. The summed E-state index contributed by atoms with van der Waals surface area (Å²) in [5.74, 6) is 0. The summed E-state index contributed by atoms with van der Waals surface area (Å²) >= 11 is 0. The van der Waals surface area contributed by atoms with Gasteiger partial charge in [-0.3, -0.25) is 0 Å². The van der Waals surface area contributed by atoms with Crippen molar-refractivity contribution in [2.75, 3.05) is 20.6 Å². The second-order valence-corrected chi connectivity index (χ2v) is 6.87. The van der Waals surface area contributed by atoms with Gasteiger partial charge >= 0.3 is 0 Å². The van der Waals surface area contributed by atoms with Gasteiger partial charge < -0.3 is 10.0 Å². The lowest BCUT2D eigenvalue weighted by atomic mass is 10.1. The number of likely N-dealkylation sites (N-methyl/N-ethyl adjacent to an activating group) is 1. The molecule has 1 atom stereocenters. The van der Waals surface area contributed by atoms with Gasteiger partial charge in [0.1, 0.15) is 0 Å². The zero-order valence-electron chi connectivity index (χ0n) is 12.5. The predicted molar refractivity (Wildman–Crippen MR) is 80.1 cm³/mol. The maximum Gasteiger partial charge on any atom is 0.240 e. The standard InChI is InChI=1S/C14H24N2O3S/c1-5-12-6-7-14(8-13(12)10-17)20(18,19)15-9-11(2)16(3)4/h6-8,11,15,17H,5,9-10H2,1-4H3. The molecular formula is C14H24N2O3S. The monoisotopic (exact) mass is 300 g/mol. The minimum absolute atomic E-state index is 0.108. The van der Waals surface area contributed by atoms with Crippen molar-refractivity contribution < 1.29 is 13.5 Å². The van der Waals surface area contributed by atoms with Crippen molar-refractivity contribution in [1.29, 1.82) is 0 Å². The van der Waals surface area contributed by atoms with Gasteiger partial charge in [0.15, 0.2) is 0 Å². The third-order valence-electron chi connectivity index (χ3n) is 3.49. The minimum atomic E-state index is -3.53. The topological polar surface area (TPSA) is 69.6 Å². The second kappa shape index (κ2) is 7.17. The van der Waals surface area contributed by atoms with E-state index in [-0.39, 0.29) is 17.5 Å². The van der Waals surface area contributed by atoms with Crippen LogP contribution in [0.15, 0.2) is 23.1 Å². The lowest BCUT2D eigenvalue weighted by molar-refractivity contribution is 0.280. The van der Waals surface area contributed by atoms with Gasteiger partial charge in [-0.1, -0.05) is 13.0 Å². The number of sulfonamides is 1. The lowest BCUT2D eigenvalue weighted by Crippen LogP contribution is -2.38. The Labute approximate surface area is 121 Å². The summed E-state index contributed by atoms with van der Waals surface area (Å²) in [6, 6.07) is 4.99. The Bertz CT molecular complexity index is 541. The summed E-state index contributed by atoms with van der Waals surface area (Å²) in [5, 5.41) is 9.31. The highest BCUT2D eigenvalue weighted by Gasteiger charge is 2.17.